The number of fused-ring (bicyclic) bond motifs is 1. The Labute approximate surface area is 170 Å². The van der Waals surface area contributed by atoms with Crippen LogP contribution in [0.25, 0.3) is 10.9 Å². The van der Waals surface area contributed by atoms with E-state index in [-0.39, 0.29) is 11.6 Å². The van der Waals surface area contributed by atoms with E-state index in [0.29, 0.717) is 18.9 Å². The van der Waals surface area contributed by atoms with Crippen molar-refractivity contribution in [3.05, 3.63) is 88.2 Å². The first kappa shape index (κ1) is 18.5. The van der Waals surface area contributed by atoms with E-state index in [1.54, 1.807) is 0 Å². The van der Waals surface area contributed by atoms with E-state index in [4.69, 9.17) is 10.2 Å². The van der Waals surface area contributed by atoms with Gasteiger partial charge in [-0.15, -0.1) is 0 Å². The molecule has 1 atom stereocenters. The molecule has 1 amide bonds. The number of nitrogens with two attached hydrogens (primary N) is 1. The van der Waals surface area contributed by atoms with Gasteiger partial charge >= 0.3 is 0 Å². The van der Waals surface area contributed by atoms with Crippen LogP contribution in [0, 0.1) is 0 Å². The van der Waals surface area contributed by atoms with Crippen LogP contribution in [0.5, 0.6) is 0 Å². The predicted molar refractivity (Wildman–Crippen MR) is 111 cm³/mol. The summed E-state index contributed by atoms with van der Waals surface area (Å²) in [4.78, 5) is 19.8. The Morgan fingerprint density at radius 3 is 2.82 bits per heavy atom. The largest absolute Gasteiger partial charge is 0.446 e. The molecule has 0 radical (unpaired) electrons. The first-order chi connectivity index (χ1) is 13.6. The summed E-state index contributed by atoms with van der Waals surface area (Å²) < 4.78 is 6.46. The maximum Gasteiger partial charge on any atom is 0.273 e. The average molecular weight is 439 g/mol. The quantitative estimate of drug-likeness (QED) is 0.422. The highest BCUT2D eigenvalue weighted by Crippen LogP contribution is 2.23. The fourth-order valence-corrected chi connectivity index (χ4v) is 3.33. The summed E-state index contributed by atoms with van der Waals surface area (Å²) in [6, 6.07) is 15.3. The van der Waals surface area contributed by atoms with E-state index in [1.165, 1.54) is 6.26 Å². The van der Waals surface area contributed by atoms with Crippen molar-refractivity contribution in [3.63, 3.8) is 0 Å². The van der Waals surface area contributed by atoms with Crippen LogP contribution in [0.2, 0.25) is 0 Å². The molecule has 0 aliphatic rings. The van der Waals surface area contributed by atoms with E-state index in [9.17, 15) is 4.79 Å². The zero-order valence-electron chi connectivity index (χ0n) is 15.0. The van der Waals surface area contributed by atoms with Crippen LogP contribution in [-0.2, 0) is 13.0 Å². The van der Waals surface area contributed by atoms with Crippen LogP contribution in [-0.4, -0.2) is 15.9 Å². The van der Waals surface area contributed by atoms with Gasteiger partial charge in [0, 0.05) is 28.1 Å². The number of benzene rings is 2. The number of carbonyl (C=O) groups excluding carboxylic acids is 1. The summed E-state index contributed by atoms with van der Waals surface area (Å²) in [5, 5.41) is 3.96. The smallest absolute Gasteiger partial charge is 0.273 e. The monoisotopic (exact) mass is 438 g/mol. The van der Waals surface area contributed by atoms with Gasteiger partial charge in [-0.25, -0.2) is 4.98 Å². The highest BCUT2D eigenvalue weighted by Gasteiger charge is 2.18. The number of para-hydroxylation sites is 1. The number of nitrogens with one attached hydrogen (secondary N) is 2. The van der Waals surface area contributed by atoms with E-state index in [2.05, 4.69) is 31.2 Å². The van der Waals surface area contributed by atoms with Crippen LogP contribution in [0.15, 0.2) is 69.9 Å². The topological polar surface area (TPSA) is 96.9 Å². The molecule has 0 aliphatic carbocycles. The van der Waals surface area contributed by atoms with Gasteiger partial charge in [0.05, 0.1) is 6.04 Å². The minimum atomic E-state index is -0.438. The fraction of sp³-hybridized carbons (Fsp3) is 0.143. The SMILES string of the molecule is NC(Cc1c[nH]c2ccccc12)c1nc(C(=O)NCc2ccc(Br)cc2)co1. The molecule has 6 nitrogen and oxygen atoms in total. The van der Waals surface area contributed by atoms with Crippen molar-refractivity contribution in [1.29, 1.82) is 0 Å². The zero-order chi connectivity index (χ0) is 19.5. The van der Waals surface area contributed by atoms with E-state index in [0.717, 1.165) is 26.5 Å². The lowest BCUT2D eigenvalue weighted by Gasteiger charge is -2.06. The third kappa shape index (κ3) is 4.00. The molecular formula is C21H19BrN4O2. The molecule has 2 heterocycles. The summed E-state index contributed by atoms with van der Waals surface area (Å²) >= 11 is 3.39. The highest BCUT2D eigenvalue weighted by molar-refractivity contribution is 9.10. The number of carbonyl (C=O) groups is 1. The summed E-state index contributed by atoms with van der Waals surface area (Å²) in [5.74, 6) is 0.0521. The minimum absolute atomic E-state index is 0.224. The molecule has 1 unspecified atom stereocenters. The molecule has 0 bridgehead atoms. The zero-order valence-corrected chi connectivity index (χ0v) is 16.6. The Hall–Kier alpha value is -2.90. The number of nitrogens with zero attached hydrogens (tertiary/aromatic N) is 1. The Bertz CT molecular complexity index is 1100. The molecule has 0 spiro atoms. The summed E-state index contributed by atoms with van der Waals surface area (Å²) in [6.07, 6.45) is 3.85. The van der Waals surface area contributed by atoms with Crippen LogP contribution < -0.4 is 11.1 Å². The summed E-state index contributed by atoms with van der Waals surface area (Å²) in [7, 11) is 0. The lowest BCUT2D eigenvalue weighted by atomic mass is 10.1. The Morgan fingerprint density at radius 2 is 2.00 bits per heavy atom. The van der Waals surface area contributed by atoms with Crippen LogP contribution >= 0.6 is 15.9 Å². The highest BCUT2D eigenvalue weighted by atomic mass is 79.9. The summed E-state index contributed by atoms with van der Waals surface area (Å²) in [5.41, 5.74) is 9.63. The van der Waals surface area contributed by atoms with Gasteiger partial charge in [0.1, 0.15) is 6.26 Å². The third-order valence-corrected chi connectivity index (χ3v) is 5.08. The molecule has 0 fully saturated rings. The molecular weight excluding hydrogens is 420 g/mol. The maximum atomic E-state index is 12.3. The number of aromatic nitrogens is 2. The van der Waals surface area contributed by atoms with Crippen molar-refractivity contribution < 1.29 is 9.21 Å². The molecule has 4 rings (SSSR count). The first-order valence-electron chi connectivity index (χ1n) is 8.89. The van der Waals surface area contributed by atoms with Crippen molar-refractivity contribution in [2.45, 2.75) is 19.0 Å². The number of amides is 1. The number of hydrogen-bond acceptors (Lipinski definition) is 4. The molecule has 4 aromatic rings. The second-order valence-corrected chi connectivity index (χ2v) is 7.47. The number of hydrogen-bond donors (Lipinski definition) is 3. The second-order valence-electron chi connectivity index (χ2n) is 6.55. The molecule has 2 aromatic carbocycles. The number of rotatable bonds is 6. The Kier molecular flexibility index (Phi) is 5.27. The van der Waals surface area contributed by atoms with Crippen LogP contribution in [0.3, 0.4) is 0 Å². The van der Waals surface area contributed by atoms with Crippen molar-refractivity contribution in [1.82, 2.24) is 15.3 Å². The maximum absolute atomic E-state index is 12.3. The van der Waals surface area contributed by atoms with E-state index >= 15 is 0 Å². The van der Waals surface area contributed by atoms with Gasteiger partial charge in [0.2, 0.25) is 5.89 Å². The number of H-pyrrole nitrogens is 1. The number of aromatic amines is 1. The van der Waals surface area contributed by atoms with E-state index < -0.39 is 6.04 Å². The number of halogens is 1. The lowest BCUT2D eigenvalue weighted by molar-refractivity contribution is 0.0946. The molecule has 28 heavy (non-hydrogen) atoms. The van der Waals surface area contributed by atoms with Crippen molar-refractivity contribution in [3.8, 4) is 0 Å². The molecule has 2 aromatic heterocycles. The van der Waals surface area contributed by atoms with Crippen LogP contribution in [0.4, 0.5) is 0 Å². The van der Waals surface area contributed by atoms with Gasteiger partial charge in [-0.1, -0.05) is 46.3 Å². The van der Waals surface area contributed by atoms with Gasteiger partial charge in [-0.2, -0.15) is 0 Å². The second kappa shape index (κ2) is 8.00. The molecule has 0 aliphatic heterocycles. The van der Waals surface area contributed by atoms with Gasteiger partial charge in [-0.05, 0) is 35.7 Å². The number of oxazole rings is 1. The van der Waals surface area contributed by atoms with Gasteiger partial charge < -0.3 is 20.5 Å². The summed E-state index contributed by atoms with van der Waals surface area (Å²) in [6.45, 7) is 0.412. The normalized spacial score (nSPS) is 12.2. The molecule has 0 saturated heterocycles. The van der Waals surface area contributed by atoms with E-state index in [1.807, 2.05) is 54.7 Å². The third-order valence-electron chi connectivity index (χ3n) is 4.55. The molecule has 4 N–H and O–H groups in total. The predicted octanol–water partition coefficient (Wildman–Crippen LogP) is 4.09. The van der Waals surface area contributed by atoms with Crippen molar-refractivity contribution >= 4 is 32.7 Å². The van der Waals surface area contributed by atoms with Crippen LogP contribution in [0.1, 0.15) is 33.5 Å². The molecule has 142 valence electrons. The molecule has 0 saturated carbocycles. The average Bonchev–Trinajstić information content (AvgIpc) is 3.35. The Morgan fingerprint density at radius 1 is 1.21 bits per heavy atom. The Balaban J connectivity index is 1.40. The minimum Gasteiger partial charge on any atom is -0.446 e. The van der Waals surface area contributed by atoms with Gasteiger partial charge in [0.15, 0.2) is 5.69 Å². The van der Waals surface area contributed by atoms with Gasteiger partial charge in [-0.3, -0.25) is 4.79 Å². The molecule has 7 heteroatoms. The standard InChI is InChI=1S/C21H19BrN4O2/c22-15-7-5-13(6-8-15)10-25-20(27)19-12-28-21(26-19)17(23)9-14-11-24-18-4-2-1-3-16(14)18/h1-8,11-12,17,24H,9-10,23H2,(H,25,27). The van der Waals surface area contributed by atoms with Gasteiger partial charge in [0.25, 0.3) is 5.91 Å². The lowest BCUT2D eigenvalue weighted by Crippen LogP contribution is -2.23. The first-order valence-corrected chi connectivity index (χ1v) is 9.68. The van der Waals surface area contributed by atoms with Crippen molar-refractivity contribution in [2.24, 2.45) is 5.73 Å². The fourth-order valence-electron chi connectivity index (χ4n) is 3.06. The van der Waals surface area contributed by atoms with Crippen molar-refractivity contribution in [2.75, 3.05) is 0 Å².